The highest BCUT2D eigenvalue weighted by Crippen LogP contribution is 2.26. The molecule has 0 saturated carbocycles. The Labute approximate surface area is 114 Å². The molecule has 5 heteroatoms. The van der Waals surface area contributed by atoms with Gasteiger partial charge in [0.2, 0.25) is 0 Å². The zero-order valence-corrected chi connectivity index (χ0v) is 10.6. The van der Waals surface area contributed by atoms with Crippen LogP contribution < -0.4 is 4.74 Å². The second-order valence-electron chi connectivity index (χ2n) is 4.14. The monoisotopic (exact) mass is 271 g/mol. The highest BCUT2D eigenvalue weighted by Gasteiger charge is 2.10. The Morgan fingerprint density at radius 3 is 2.60 bits per heavy atom. The standard InChI is InChI=1S/C15H10FNO3/c1-9-6-11(3-4-12(9)15(18)19)20-14-5-2-10(8-17)7-13(14)16/h2-7H,1H3,(H,18,19). The summed E-state index contributed by atoms with van der Waals surface area (Å²) in [4.78, 5) is 10.9. The van der Waals surface area contributed by atoms with Crippen molar-refractivity contribution < 1.29 is 19.0 Å². The Hall–Kier alpha value is -2.87. The molecule has 0 spiro atoms. The number of ether oxygens (including phenoxy) is 1. The van der Waals surface area contributed by atoms with Gasteiger partial charge in [-0.05, 0) is 48.9 Å². The average molecular weight is 271 g/mol. The molecule has 4 nitrogen and oxygen atoms in total. The average Bonchev–Trinajstić information content (AvgIpc) is 2.40. The van der Waals surface area contributed by atoms with E-state index < -0.39 is 11.8 Å². The molecule has 2 rings (SSSR count). The molecular formula is C15H10FNO3. The normalized spacial score (nSPS) is 9.85. The van der Waals surface area contributed by atoms with E-state index in [4.69, 9.17) is 15.1 Å². The number of carboxylic acid groups (broad SMARTS) is 1. The van der Waals surface area contributed by atoms with E-state index in [1.807, 2.05) is 6.07 Å². The minimum Gasteiger partial charge on any atom is -0.478 e. The largest absolute Gasteiger partial charge is 0.478 e. The van der Waals surface area contributed by atoms with Crippen LogP contribution in [0.5, 0.6) is 11.5 Å². The summed E-state index contributed by atoms with van der Waals surface area (Å²) < 4.78 is 19.0. The van der Waals surface area contributed by atoms with Gasteiger partial charge in [0.25, 0.3) is 0 Å². The molecule has 0 aromatic heterocycles. The molecule has 0 unspecified atom stereocenters. The Morgan fingerprint density at radius 2 is 2.05 bits per heavy atom. The van der Waals surface area contributed by atoms with E-state index >= 15 is 0 Å². The van der Waals surface area contributed by atoms with Gasteiger partial charge in [-0.1, -0.05) is 0 Å². The summed E-state index contributed by atoms with van der Waals surface area (Å²) in [6.07, 6.45) is 0. The zero-order valence-electron chi connectivity index (χ0n) is 10.6. The van der Waals surface area contributed by atoms with Crippen molar-refractivity contribution in [2.45, 2.75) is 6.92 Å². The second kappa shape index (κ2) is 5.41. The van der Waals surface area contributed by atoms with Gasteiger partial charge in [-0.25, -0.2) is 9.18 Å². The molecule has 1 N–H and O–H groups in total. The Bertz CT molecular complexity index is 720. The predicted molar refractivity (Wildman–Crippen MR) is 69.3 cm³/mol. The fraction of sp³-hybridized carbons (Fsp3) is 0.0667. The number of carbonyl (C=O) groups is 1. The van der Waals surface area contributed by atoms with Crippen molar-refractivity contribution in [3.05, 3.63) is 58.9 Å². The Kier molecular flexibility index (Phi) is 3.67. The first-order valence-electron chi connectivity index (χ1n) is 5.72. The molecule has 0 radical (unpaired) electrons. The maximum absolute atomic E-state index is 13.7. The number of nitrogens with zero attached hydrogens (tertiary/aromatic N) is 1. The highest BCUT2D eigenvalue weighted by molar-refractivity contribution is 5.89. The summed E-state index contributed by atoms with van der Waals surface area (Å²) in [5.74, 6) is -1.37. The lowest BCUT2D eigenvalue weighted by molar-refractivity contribution is 0.0696. The molecule has 2 aromatic rings. The molecule has 2 aromatic carbocycles. The van der Waals surface area contributed by atoms with E-state index in [-0.39, 0.29) is 16.9 Å². The Balaban J connectivity index is 2.29. The highest BCUT2D eigenvalue weighted by atomic mass is 19.1. The first kappa shape index (κ1) is 13.6. The van der Waals surface area contributed by atoms with Crippen molar-refractivity contribution in [2.75, 3.05) is 0 Å². The third kappa shape index (κ3) is 2.75. The van der Waals surface area contributed by atoms with E-state index in [0.29, 0.717) is 11.3 Å². The summed E-state index contributed by atoms with van der Waals surface area (Å²) in [5.41, 5.74) is 0.883. The molecule has 0 fully saturated rings. The molecule has 100 valence electrons. The predicted octanol–water partition coefficient (Wildman–Crippen LogP) is 3.50. The molecule has 0 aliphatic carbocycles. The van der Waals surface area contributed by atoms with Gasteiger partial charge in [0.1, 0.15) is 5.75 Å². The minimum absolute atomic E-state index is 0.0218. The second-order valence-corrected chi connectivity index (χ2v) is 4.14. The summed E-state index contributed by atoms with van der Waals surface area (Å²) in [6, 6.07) is 10.1. The molecule has 0 bridgehead atoms. The lowest BCUT2D eigenvalue weighted by Crippen LogP contribution is -1.99. The number of nitriles is 1. The third-order valence-electron chi connectivity index (χ3n) is 2.72. The van der Waals surface area contributed by atoms with Gasteiger partial charge in [-0.15, -0.1) is 0 Å². The van der Waals surface area contributed by atoms with E-state index in [0.717, 1.165) is 6.07 Å². The first-order valence-corrected chi connectivity index (χ1v) is 5.72. The molecule has 0 aliphatic rings. The van der Waals surface area contributed by atoms with Crippen LogP contribution in [-0.2, 0) is 0 Å². The summed E-state index contributed by atoms with van der Waals surface area (Å²) in [6.45, 7) is 1.63. The smallest absolute Gasteiger partial charge is 0.335 e. The molecule has 0 amide bonds. The molecular weight excluding hydrogens is 261 g/mol. The van der Waals surface area contributed by atoms with E-state index in [9.17, 15) is 9.18 Å². The van der Waals surface area contributed by atoms with Crippen LogP contribution >= 0.6 is 0 Å². The maximum Gasteiger partial charge on any atom is 0.335 e. The van der Waals surface area contributed by atoms with Gasteiger partial charge in [0.05, 0.1) is 17.2 Å². The fourth-order valence-electron chi connectivity index (χ4n) is 1.72. The molecule has 0 heterocycles. The molecule has 0 atom stereocenters. The number of aryl methyl sites for hydroxylation is 1. The van der Waals surface area contributed by atoms with Crippen LogP contribution in [0.25, 0.3) is 0 Å². The molecule has 0 aliphatic heterocycles. The number of carboxylic acids is 1. The zero-order chi connectivity index (χ0) is 14.7. The van der Waals surface area contributed by atoms with Gasteiger partial charge in [-0.3, -0.25) is 0 Å². The van der Waals surface area contributed by atoms with Gasteiger partial charge in [0, 0.05) is 0 Å². The van der Waals surface area contributed by atoms with Gasteiger partial charge < -0.3 is 9.84 Å². The summed E-state index contributed by atoms with van der Waals surface area (Å²) in [5, 5.41) is 17.6. The fourth-order valence-corrected chi connectivity index (χ4v) is 1.72. The van der Waals surface area contributed by atoms with E-state index in [2.05, 4.69) is 0 Å². The third-order valence-corrected chi connectivity index (χ3v) is 2.72. The SMILES string of the molecule is Cc1cc(Oc2ccc(C#N)cc2F)ccc1C(=O)O. The van der Waals surface area contributed by atoms with Crippen LogP contribution in [0.4, 0.5) is 4.39 Å². The van der Waals surface area contributed by atoms with Crippen LogP contribution in [0.3, 0.4) is 0 Å². The van der Waals surface area contributed by atoms with Gasteiger partial charge >= 0.3 is 5.97 Å². The van der Waals surface area contributed by atoms with Gasteiger partial charge in [0.15, 0.2) is 11.6 Å². The van der Waals surface area contributed by atoms with Crippen molar-refractivity contribution in [3.63, 3.8) is 0 Å². The van der Waals surface area contributed by atoms with Crippen molar-refractivity contribution in [3.8, 4) is 17.6 Å². The number of halogens is 1. The van der Waals surface area contributed by atoms with Crippen LogP contribution in [-0.4, -0.2) is 11.1 Å². The van der Waals surface area contributed by atoms with Crippen molar-refractivity contribution in [2.24, 2.45) is 0 Å². The van der Waals surface area contributed by atoms with Crippen LogP contribution in [0.2, 0.25) is 0 Å². The maximum atomic E-state index is 13.7. The number of benzene rings is 2. The van der Waals surface area contributed by atoms with Crippen molar-refractivity contribution in [1.82, 2.24) is 0 Å². The topological polar surface area (TPSA) is 70.3 Å². The van der Waals surface area contributed by atoms with Gasteiger partial charge in [-0.2, -0.15) is 5.26 Å². The van der Waals surface area contributed by atoms with Crippen molar-refractivity contribution >= 4 is 5.97 Å². The number of hydrogen-bond donors (Lipinski definition) is 1. The quantitative estimate of drug-likeness (QED) is 0.927. The summed E-state index contributed by atoms with van der Waals surface area (Å²) in [7, 11) is 0. The van der Waals surface area contributed by atoms with Crippen LogP contribution in [0.15, 0.2) is 36.4 Å². The number of hydrogen-bond acceptors (Lipinski definition) is 3. The molecule has 20 heavy (non-hydrogen) atoms. The van der Waals surface area contributed by atoms with E-state index in [1.54, 1.807) is 6.92 Å². The lowest BCUT2D eigenvalue weighted by Gasteiger charge is -2.09. The van der Waals surface area contributed by atoms with Crippen LogP contribution in [0, 0.1) is 24.1 Å². The van der Waals surface area contributed by atoms with Crippen LogP contribution in [0.1, 0.15) is 21.5 Å². The lowest BCUT2D eigenvalue weighted by atomic mass is 10.1. The molecule has 0 saturated heterocycles. The van der Waals surface area contributed by atoms with Crippen molar-refractivity contribution in [1.29, 1.82) is 5.26 Å². The number of aromatic carboxylic acids is 1. The number of rotatable bonds is 3. The summed E-state index contributed by atoms with van der Waals surface area (Å²) >= 11 is 0. The Morgan fingerprint density at radius 1 is 1.30 bits per heavy atom. The minimum atomic E-state index is -1.03. The first-order chi connectivity index (χ1) is 9.51. The van der Waals surface area contributed by atoms with E-state index in [1.165, 1.54) is 30.3 Å².